The Kier molecular flexibility index (Phi) is 5.66. The van der Waals surface area contributed by atoms with Crippen LogP contribution in [0.3, 0.4) is 0 Å². The highest BCUT2D eigenvalue weighted by atomic mass is 32.2. The number of nitrogens with zero attached hydrogens (tertiary/aromatic N) is 2. The van der Waals surface area contributed by atoms with Crippen LogP contribution in [0.1, 0.15) is 15.9 Å². The second-order valence-corrected chi connectivity index (χ2v) is 8.17. The van der Waals surface area contributed by atoms with E-state index in [4.69, 9.17) is 9.47 Å². The number of thioether (sulfide) groups is 1. The molecule has 5 rings (SSSR count). The number of hydrogen-bond acceptors (Lipinski definition) is 6. The Morgan fingerprint density at radius 2 is 1.79 bits per heavy atom. The molecule has 164 valence electrons. The normalized spacial score (nSPS) is 15.8. The van der Waals surface area contributed by atoms with E-state index in [-0.39, 0.29) is 29.9 Å². The summed E-state index contributed by atoms with van der Waals surface area (Å²) in [4.78, 5) is 31.9. The number of fused-ring (bicyclic) bond motifs is 1. The molecule has 3 aromatic rings. The van der Waals surface area contributed by atoms with Crippen molar-refractivity contribution in [1.29, 1.82) is 0 Å². The molecule has 0 aliphatic carbocycles. The fourth-order valence-electron chi connectivity index (χ4n) is 3.40. The number of halogens is 1. The number of ether oxygens (including phenoxy) is 2. The van der Waals surface area contributed by atoms with Gasteiger partial charge in [-0.25, -0.2) is 9.38 Å². The topological polar surface area (TPSA) is 68.2 Å². The second-order valence-electron chi connectivity index (χ2n) is 7.23. The van der Waals surface area contributed by atoms with Gasteiger partial charge in [0.05, 0.1) is 11.4 Å². The van der Waals surface area contributed by atoms with Gasteiger partial charge in [-0.15, -0.1) is 0 Å². The van der Waals surface area contributed by atoms with Crippen LogP contribution >= 0.6 is 11.8 Å². The molecule has 8 heteroatoms. The van der Waals surface area contributed by atoms with Gasteiger partial charge < -0.3 is 9.47 Å². The molecule has 0 N–H and O–H groups in total. The Morgan fingerprint density at radius 3 is 2.58 bits per heavy atom. The zero-order valence-corrected chi connectivity index (χ0v) is 18.0. The first-order valence-electron chi connectivity index (χ1n) is 10.1. The van der Waals surface area contributed by atoms with Crippen LogP contribution in [-0.2, 0) is 4.79 Å². The molecule has 0 aromatic heterocycles. The summed E-state index contributed by atoms with van der Waals surface area (Å²) in [7, 11) is 0. The fraction of sp³-hybridized carbons (Fsp3) is 0.0800. The molecule has 0 fully saturated rings. The van der Waals surface area contributed by atoms with Gasteiger partial charge in [-0.05, 0) is 54.1 Å². The predicted molar refractivity (Wildman–Crippen MR) is 125 cm³/mol. The van der Waals surface area contributed by atoms with Crippen molar-refractivity contribution in [2.24, 2.45) is 4.99 Å². The zero-order chi connectivity index (χ0) is 22.8. The van der Waals surface area contributed by atoms with Crippen LogP contribution in [0.15, 0.2) is 83.5 Å². The third kappa shape index (κ3) is 4.38. The number of carbonyl (C=O) groups is 2. The number of amides is 1. The van der Waals surface area contributed by atoms with E-state index in [1.165, 1.54) is 29.2 Å². The van der Waals surface area contributed by atoms with Gasteiger partial charge >= 0.3 is 0 Å². The van der Waals surface area contributed by atoms with Crippen molar-refractivity contribution in [3.05, 3.63) is 95.4 Å². The van der Waals surface area contributed by atoms with Gasteiger partial charge in [-0.1, -0.05) is 42.1 Å². The highest BCUT2D eigenvalue weighted by molar-refractivity contribution is 8.14. The van der Waals surface area contributed by atoms with Gasteiger partial charge in [0, 0.05) is 5.56 Å². The minimum atomic E-state index is -0.408. The van der Waals surface area contributed by atoms with Gasteiger partial charge in [0.2, 0.25) is 6.79 Å². The first-order valence-corrected chi connectivity index (χ1v) is 11.1. The minimum Gasteiger partial charge on any atom is -0.454 e. The lowest BCUT2D eigenvalue weighted by molar-refractivity contribution is -0.113. The minimum absolute atomic E-state index is 0.0576. The molecule has 33 heavy (non-hydrogen) atoms. The molecular formula is C25H17FN2O4S. The Labute approximate surface area is 193 Å². The number of benzene rings is 3. The van der Waals surface area contributed by atoms with Crippen molar-refractivity contribution in [2.45, 2.75) is 0 Å². The van der Waals surface area contributed by atoms with E-state index >= 15 is 0 Å². The van der Waals surface area contributed by atoms with E-state index < -0.39 is 5.82 Å². The highest BCUT2D eigenvalue weighted by Gasteiger charge is 2.32. The molecule has 2 heterocycles. The van der Waals surface area contributed by atoms with Crippen molar-refractivity contribution in [3.8, 4) is 11.5 Å². The van der Waals surface area contributed by atoms with Crippen molar-refractivity contribution < 1.29 is 23.5 Å². The van der Waals surface area contributed by atoms with Crippen LogP contribution in [0.2, 0.25) is 0 Å². The number of rotatable bonds is 5. The maximum Gasteiger partial charge on any atom is 0.283 e. The van der Waals surface area contributed by atoms with E-state index in [1.54, 1.807) is 24.3 Å². The van der Waals surface area contributed by atoms with Crippen LogP contribution < -0.4 is 14.4 Å². The first kappa shape index (κ1) is 21.0. The number of aliphatic imine (C=N–C) groups is 1. The molecule has 6 nitrogen and oxygen atoms in total. The van der Waals surface area contributed by atoms with E-state index in [0.29, 0.717) is 27.9 Å². The lowest BCUT2D eigenvalue weighted by atomic mass is 10.1. The number of carbonyl (C=O) groups excluding carboxylic acids is 2. The lowest BCUT2D eigenvalue weighted by Crippen LogP contribution is -2.30. The molecule has 2 aliphatic rings. The van der Waals surface area contributed by atoms with Gasteiger partial charge in [0.25, 0.3) is 5.91 Å². The summed E-state index contributed by atoms with van der Waals surface area (Å²) < 4.78 is 24.1. The van der Waals surface area contributed by atoms with Crippen LogP contribution in [0.5, 0.6) is 11.5 Å². The summed E-state index contributed by atoms with van der Waals surface area (Å²) in [5, 5.41) is 0.350. The van der Waals surface area contributed by atoms with Crippen LogP contribution in [0.4, 0.5) is 10.1 Å². The number of amidine groups is 1. The van der Waals surface area contributed by atoms with Crippen molar-refractivity contribution in [1.82, 2.24) is 0 Å². The molecule has 2 aliphatic heterocycles. The van der Waals surface area contributed by atoms with E-state index in [1.807, 2.05) is 30.3 Å². The quantitative estimate of drug-likeness (QED) is 0.400. The number of hydrogen-bond donors (Lipinski definition) is 0. The maximum atomic E-state index is 13.5. The number of Topliss-reactive ketones (excluding diaryl/α,β-unsaturated/α-hetero) is 1. The average Bonchev–Trinajstić information content (AvgIpc) is 3.43. The third-order valence-electron chi connectivity index (χ3n) is 5.04. The largest absolute Gasteiger partial charge is 0.454 e. The molecule has 0 saturated heterocycles. The van der Waals surface area contributed by atoms with Crippen LogP contribution in [-0.4, -0.2) is 29.4 Å². The smallest absolute Gasteiger partial charge is 0.283 e. The van der Waals surface area contributed by atoms with Crippen molar-refractivity contribution >= 4 is 40.4 Å². The summed E-state index contributed by atoms with van der Waals surface area (Å²) in [6.07, 6.45) is 1.69. The molecular weight excluding hydrogens is 443 g/mol. The zero-order valence-electron chi connectivity index (χ0n) is 17.2. The maximum absolute atomic E-state index is 13.5. The highest BCUT2D eigenvalue weighted by Crippen LogP contribution is 2.34. The second kappa shape index (κ2) is 8.91. The molecule has 0 bridgehead atoms. The standard InChI is InChI=1S/C25H17FN2O4S/c26-18-7-9-19(10-8-18)28-24(30)20(12-16-4-2-1-3-5-16)27-25(28)33-14-21(29)17-6-11-22-23(13-17)32-15-31-22/h1-13H,14-15H2. The summed E-state index contributed by atoms with van der Waals surface area (Å²) in [6.45, 7) is 0.129. The Hall–Kier alpha value is -3.91. The van der Waals surface area contributed by atoms with Gasteiger partial charge in [0.1, 0.15) is 11.5 Å². The summed E-state index contributed by atoms with van der Waals surface area (Å²) >= 11 is 1.14. The van der Waals surface area contributed by atoms with Crippen molar-refractivity contribution in [2.75, 3.05) is 17.4 Å². The molecule has 0 spiro atoms. The molecule has 1 amide bonds. The summed E-state index contributed by atoms with van der Waals surface area (Å²) in [5.41, 5.74) is 2.01. The lowest BCUT2D eigenvalue weighted by Gasteiger charge is -2.17. The Morgan fingerprint density at radius 1 is 1.03 bits per heavy atom. The summed E-state index contributed by atoms with van der Waals surface area (Å²) in [6, 6.07) is 19.9. The number of anilines is 1. The molecule has 0 unspecified atom stereocenters. The number of ketones is 1. The average molecular weight is 460 g/mol. The molecule has 0 atom stereocenters. The van der Waals surface area contributed by atoms with E-state index in [9.17, 15) is 14.0 Å². The molecule has 3 aromatic carbocycles. The predicted octanol–water partition coefficient (Wildman–Crippen LogP) is 4.91. The Bertz CT molecular complexity index is 1290. The van der Waals surface area contributed by atoms with Crippen LogP contribution in [0, 0.1) is 5.82 Å². The molecule has 0 saturated carbocycles. The fourth-order valence-corrected chi connectivity index (χ4v) is 4.31. The SMILES string of the molecule is O=C(CSC1=NC(=Cc2ccccc2)C(=O)N1c1ccc(F)cc1)c1ccc2c(c1)OCO2. The van der Waals surface area contributed by atoms with E-state index in [2.05, 4.69) is 4.99 Å². The molecule has 0 radical (unpaired) electrons. The third-order valence-corrected chi connectivity index (χ3v) is 5.98. The Balaban J connectivity index is 1.41. The monoisotopic (exact) mass is 460 g/mol. The van der Waals surface area contributed by atoms with E-state index in [0.717, 1.165) is 17.3 Å². The van der Waals surface area contributed by atoms with Crippen molar-refractivity contribution in [3.63, 3.8) is 0 Å². The van der Waals surface area contributed by atoms with Gasteiger partial charge in [0.15, 0.2) is 22.4 Å². The van der Waals surface area contributed by atoms with Crippen LogP contribution in [0.25, 0.3) is 6.08 Å². The van der Waals surface area contributed by atoms with Gasteiger partial charge in [-0.2, -0.15) is 0 Å². The van der Waals surface area contributed by atoms with Gasteiger partial charge in [-0.3, -0.25) is 14.5 Å². The summed E-state index contributed by atoms with van der Waals surface area (Å²) in [5.74, 6) is 0.289. The first-order chi connectivity index (χ1) is 16.1.